The van der Waals surface area contributed by atoms with Gasteiger partial charge in [0.25, 0.3) is 0 Å². The molecule has 0 fully saturated rings. The van der Waals surface area contributed by atoms with Crippen molar-refractivity contribution in [2.45, 2.75) is 32.6 Å². The lowest BCUT2D eigenvalue weighted by molar-refractivity contribution is 0.0697. The molecule has 0 unspecified atom stereocenters. The van der Waals surface area contributed by atoms with E-state index in [2.05, 4.69) is 72.6 Å². The molecular weight excluding hydrogens is 396 g/mol. The third-order valence-corrected chi connectivity index (χ3v) is 6.54. The van der Waals surface area contributed by atoms with Gasteiger partial charge in [0.1, 0.15) is 0 Å². The average molecular weight is 423 g/mol. The second-order valence-electron chi connectivity index (χ2n) is 8.23. The highest BCUT2D eigenvalue weighted by molar-refractivity contribution is 5.92. The Morgan fingerprint density at radius 1 is 0.781 bits per heavy atom. The van der Waals surface area contributed by atoms with Crippen LogP contribution in [0.15, 0.2) is 73.1 Å². The summed E-state index contributed by atoms with van der Waals surface area (Å²) in [5, 5.41) is 11.8. The second-order valence-corrected chi connectivity index (χ2v) is 8.23. The summed E-state index contributed by atoms with van der Waals surface area (Å²) in [6.45, 7) is 4.34. The standard InChI is InChI=1S/C28H26N2O2/c1-3-17-7-5-9-21-23(15-29-26(17)21)25(19-11-13-20(14-12-19)28(31)32)24-16-30-27-18(4-2)8-6-10-22(24)27/h5-16,25,29-30H,3-4H2,1-2H3,(H,31,32). The van der Waals surface area contributed by atoms with Gasteiger partial charge >= 0.3 is 5.97 Å². The van der Waals surface area contributed by atoms with Gasteiger partial charge in [-0.05, 0) is 52.8 Å². The molecule has 5 aromatic rings. The molecule has 0 bridgehead atoms. The first-order valence-corrected chi connectivity index (χ1v) is 11.1. The van der Waals surface area contributed by atoms with Crippen molar-refractivity contribution in [1.82, 2.24) is 9.97 Å². The monoisotopic (exact) mass is 422 g/mol. The zero-order valence-electron chi connectivity index (χ0n) is 18.3. The van der Waals surface area contributed by atoms with Gasteiger partial charge in [0, 0.05) is 40.1 Å². The number of carbonyl (C=O) groups is 1. The Hall–Kier alpha value is -3.79. The van der Waals surface area contributed by atoms with Gasteiger partial charge in [0.05, 0.1) is 5.56 Å². The van der Waals surface area contributed by atoms with Gasteiger partial charge in [-0.15, -0.1) is 0 Å². The van der Waals surface area contributed by atoms with E-state index in [0.29, 0.717) is 5.56 Å². The van der Waals surface area contributed by atoms with Crippen LogP contribution in [0.25, 0.3) is 21.8 Å². The normalized spacial score (nSPS) is 11.6. The SMILES string of the molecule is CCc1cccc2c(C(c3ccc(C(=O)O)cc3)c3c[nH]c4c(CC)cccc34)c[nH]c12. The van der Waals surface area contributed by atoms with Crippen LogP contribution < -0.4 is 0 Å². The number of aryl methyl sites for hydroxylation is 2. The summed E-state index contributed by atoms with van der Waals surface area (Å²) in [4.78, 5) is 18.5. The molecule has 3 aromatic carbocycles. The average Bonchev–Trinajstić information content (AvgIpc) is 3.45. The van der Waals surface area contributed by atoms with Gasteiger partial charge in [0.2, 0.25) is 0 Å². The van der Waals surface area contributed by atoms with Crippen molar-refractivity contribution < 1.29 is 9.90 Å². The second kappa shape index (κ2) is 8.04. The van der Waals surface area contributed by atoms with E-state index in [-0.39, 0.29) is 5.92 Å². The zero-order chi connectivity index (χ0) is 22.2. The minimum absolute atomic E-state index is 0.0282. The number of nitrogens with one attached hydrogen (secondary N) is 2. The van der Waals surface area contributed by atoms with Crippen LogP contribution in [-0.4, -0.2) is 21.0 Å². The van der Waals surface area contributed by atoms with Crippen molar-refractivity contribution in [2.24, 2.45) is 0 Å². The maximum atomic E-state index is 11.4. The van der Waals surface area contributed by atoms with Crippen molar-refractivity contribution in [1.29, 1.82) is 0 Å². The van der Waals surface area contributed by atoms with Crippen LogP contribution in [0.1, 0.15) is 57.9 Å². The number of aromatic carboxylic acids is 1. The van der Waals surface area contributed by atoms with Crippen LogP contribution in [-0.2, 0) is 12.8 Å². The van der Waals surface area contributed by atoms with Crippen LogP contribution in [0.3, 0.4) is 0 Å². The Balaban J connectivity index is 1.77. The van der Waals surface area contributed by atoms with E-state index in [1.807, 2.05) is 12.1 Å². The Bertz CT molecular complexity index is 1340. The number of para-hydroxylation sites is 2. The smallest absolute Gasteiger partial charge is 0.335 e. The molecule has 0 spiro atoms. The highest BCUT2D eigenvalue weighted by Crippen LogP contribution is 2.40. The van der Waals surface area contributed by atoms with Crippen molar-refractivity contribution in [3.05, 3.63) is 106 Å². The lowest BCUT2D eigenvalue weighted by atomic mass is 9.84. The molecule has 0 aliphatic heterocycles. The van der Waals surface area contributed by atoms with Crippen molar-refractivity contribution >= 4 is 27.8 Å². The minimum Gasteiger partial charge on any atom is -0.478 e. The summed E-state index contributed by atoms with van der Waals surface area (Å²) in [5.74, 6) is -0.938. The molecule has 0 aliphatic rings. The van der Waals surface area contributed by atoms with Crippen LogP contribution in [0.2, 0.25) is 0 Å². The number of rotatable bonds is 6. The Labute approximate surface area is 186 Å². The van der Waals surface area contributed by atoms with Crippen molar-refractivity contribution in [2.75, 3.05) is 0 Å². The first-order chi connectivity index (χ1) is 15.6. The first kappa shape index (κ1) is 20.1. The number of aromatic nitrogens is 2. The van der Waals surface area contributed by atoms with E-state index in [4.69, 9.17) is 0 Å². The third kappa shape index (κ3) is 3.19. The largest absolute Gasteiger partial charge is 0.478 e. The molecule has 2 heterocycles. The zero-order valence-corrected chi connectivity index (χ0v) is 18.3. The number of H-pyrrole nitrogens is 2. The molecule has 0 atom stereocenters. The molecule has 32 heavy (non-hydrogen) atoms. The summed E-state index contributed by atoms with van der Waals surface area (Å²) in [7, 11) is 0. The Morgan fingerprint density at radius 3 is 1.72 bits per heavy atom. The van der Waals surface area contributed by atoms with E-state index >= 15 is 0 Å². The fourth-order valence-electron chi connectivity index (χ4n) is 4.89. The summed E-state index contributed by atoms with van der Waals surface area (Å²) in [5.41, 5.74) is 8.69. The van der Waals surface area contributed by atoms with Crippen molar-refractivity contribution in [3.8, 4) is 0 Å². The molecule has 4 heteroatoms. The molecule has 3 N–H and O–H groups in total. The van der Waals surface area contributed by atoms with Crippen LogP contribution in [0, 0.1) is 0 Å². The Morgan fingerprint density at radius 2 is 1.28 bits per heavy atom. The van der Waals surface area contributed by atoms with E-state index < -0.39 is 5.97 Å². The molecule has 0 aliphatic carbocycles. The predicted molar refractivity (Wildman–Crippen MR) is 130 cm³/mol. The van der Waals surface area contributed by atoms with Gasteiger partial charge in [0.15, 0.2) is 0 Å². The highest BCUT2D eigenvalue weighted by atomic mass is 16.4. The highest BCUT2D eigenvalue weighted by Gasteiger charge is 2.24. The first-order valence-electron chi connectivity index (χ1n) is 11.1. The molecule has 4 nitrogen and oxygen atoms in total. The molecule has 0 saturated heterocycles. The quantitative estimate of drug-likeness (QED) is 0.287. The fourth-order valence-corrected chi connectivity index (χ4v) is 4.89. The number of aromatic amines is 2. The van der Waals surface area contributed by atoms with E-state index in [0.717, 1.165) is 18.4 Å². The molecule has 0 amide bonds. The Kier molecular flexibility index (Phi) is 5.06. The fraction of sp³-hybridized carbons (Fsp3) is 0.179. The van der Waals surface area contributed by atoms with Gasteiger partial charge < -0.3 is 15.1 Å². The van der Waals surface area contributed by atoms with E-state index in [1.54, 1.807) is 12.1 Å². The van der Waals surface area contributed by atoms with Gasteiger partial charge in [-0.1, -0.05) is 62.4 Å². The van der Waals surface area contributed by atoms with Gasteiger partial charge in [-0.25, -0.2) is 4.79 Å². The number of hydrogen-bond donors (Lipinski definition) is 3. The lowest BCUT2D eigenvalue weighted by Gasteiger charge is -2.18. The molecule has 0 radical (unpaired) electrons. The summed E-state index contributed by atoms with van der Waals surface area (Å²) >= 11 is 0. The number of fused-ring (bicyclic) bond motifs is 2. The molecule has 2 aromatic heterocycles. The third-order valence-electron chi connectivity index (χ3n) is 6.54. The van der Waals surface area contributed by atoms with Crippen LogP contribution in [0.5, 0.6) is 0 Å². The van der Waals surface area contributed by atoms with Crippen LogP contribution in [0.4, 0.5) is 0 Å². The van der Waals surface area contributed by atoms with E-state index in [9.17, 15) is 9.90 Å². The number of carboxylic acid groups (broad SMARTS) is 1. The summed E-state index contributed by atoms with van der Waals surface area (Å²) in [6, 6.07) is 20.2. The summed E-state index contributed by atoms with van der Waals surface area (Å²) < 4.78 is 0. The predicted octanol–water partition coefficient (Wildman–Crippen LogP) is 6.65. The number of benzene rings is 3. The minimum atomic E-state index is -0.910. The maximum absolute atomic E-state index is 11.4. The topological polar surface area (TPSA) is 68.9 Å². The molecular formula is C28H26N2O2. The summed E-state index contributed by atoms with van der Waals surface area (Å²) in [6.07, 6.45) is 6.15. The van der Waals surface area contributed by atoms with Gasteiger partial charge in [-0.3, -0.25) is 0 Å². The lowest BCUT2D eigenvalue weighted by Crippen LogP contribution is -2.04. The maximum Gasteiger partial charge on any atom is 0.335 e. The molecule has 160 valence electrons. The molecule has 5 rings (SSSR count). The van der Waals surface area contributed by atoms with Crippen LogP contribution >= 0.6 is 0 Å². The van der Waals surface area contributed by atoms with Crippen molar-refractivity contribution in [3.63, 3.8) is 0 Å². The van der Waals surface area contributed by atoms with E-state index in [1.165, 1.54) is 44.1 Å². The number of hydrogen-bond acceptors (Lipinski definition) is 1. The molecule has 0 saturated carbocycles. The van der Waals surface area contributed by atoms with Gasteiger partial charge in [-0.2, -0.15) is 0 Å². The number of carboxylic acids is 1.